The lowest BCUT2D eigenvalue weighted by Gasteiger charge is -2.24. The maximum absolute atomic E-state index is 14.3. The molecule has 2 atom stereocenters. The zero-order valence-electron chi connectivity index (χ0n) is 22.5. The summed E-state index contributed by atoms with van der Waals surface area (Å²) in [6, 6.07) is 15.2. The van der Waals surface area contributed by atoms with Gasteiger partial charge in [-0.2, -0.15) is 13.2 Å². The first kappa shape index (κ1) is 31.0. The van der Waals surface area contributed by atoms with Gasteiger partial charge in [0.25, 0.3) is 15.9 Å². The van der Waals surface area contributed by atoms with E-state index in [1.807, 2.05) is 0 Å². The van der Waals surface area contributed by atoms with Crippen molar-refractivity contribution in [3.05, 3.63) is 88.9 Å². The van der Waals surface area contributed by atoms with Gasteiger partial charge in [-0.15, -0.1) is 0 Å². The van der Waals surface area contributed by atoms with Crippen LogP contribution in [0.4, 0.5) is 19.0 Å². The first-order valence-corrected chi connectivity index (χ1v) is 14.3. The number of para-hydroxylation sites is 2. The van der Waals surface area contributed by atoms with E-state index in [0.717, 1.165) is 12.1 Å². The number of sulfonamides is 1. The SMILES string of the molecule is CC(C)(C)OC(=O)C(N)c1ccc(C(Oc2nc3ccccc3nc2NS(=O)(=O)c2ccccc2Cl)C(F)(F)F)cc1. The third-order valence-corrected chi connectivity index (χ3v) is 7.52. The standard InChI is InChI=1S/C28H26ClF3N4O5S/c1-27(2,3)41-26(37)22(33)16-12-14-17(15-13-16)23(28(30,31)32)40-25-24(34-19-9-5-6-10-20(19)35-25)36-42(38,39)21-11-7-4-8-18(21)29/h4-15,22-23H,33H2,1-3H3,(H,34,36). The van der Waals surface area contributed by atoms with Crippen LogP contribution in [-0.4, -0.2) is 36.1 Å². The van der Waals surface area contributed by atoms with E-state index < -0.39 is 51.6 Å². The molecule has 4 rings (SSSR count). The highest BCUT2D eigenvalue weighted by atomic mass is 35.5. The van der Waals surface area contributed by atoms with E-state index in [1.54, 1.807) is 32.9 Å². The van der Waals surface area contributed by atoms with Crippen molar-refractivity contribution in [3.8, 4) is 5.88 Å². The van der Waals surface area contributed by atoms with Crippen LogP contribution < -0.4 is 15.2 Å². The zero-order valence-corrected chi connectivity index (χ0v) is 24.1. The van der Waals surface area contributed by atoms with Crippen LogP contribution in [0, 0.1) is 0 Å². The number of aromatic nitrogens is 2. The van der Waals surface area contributed by atoms with Crippen molar-refractivity contribution in [2.75, 3.05) is 4.72 Å². The van der Waals surface area contributed by atoms with E-state index in [-0.39, 0.29) is 32.1 Å². The van der Waals surface area contributed by atoms with E-state index in [2.05, 4.69) is 14.7 Å². The van der Waals surface area contributed by atoms with Crippen LogP contribution in [0.1, 0.15) is 44.0 Å². The van der Waals surface area contributed by atoms with Gasteiger partial charge in [-0.3, -0.25) is 4.72 Å². The predicted octanol–water partition coefficient (Wildman–Crippen LogP) is 6.11. The van der Waals surface area contributed by atoms with Gasteiger partial charge in [0.2, 0.25) is 11.9 Å². The maximum Gasteiger partial charge on any atom is 0.429 e. The van der Waals surface area contributed by atoms with Crippen molar-refractivity contribution < 1.29 is 35.9 Å². The fraction of sp³-hybridized carbons (Fsp3) is 0.250. The number of benzene rings is 3. The van der Waals surface area contributed by atoms with Crippen molar-refractivity contribution in [1.82, 2.24) is 9.97 Å². The number of hydrogen-bond acceptors (Lipinski definition) is 8. The summed E-state index contributed by atoms with van der Waals surface area (Å²) in [5.41, 5.74) is 5.35. The summed E-state index contributed by atoms with van der Waals surface area (Å²) in [7, 11) is -4.41. The molecule has 0 saturated heterocycles. The summed E-state index contributed by atoms with van der Waals surface area (Å²) in [4.78, 5) is 20.3. The Morgan fingerprint density at radius 2 is 1.45 bits per heavy atom. The first-order chi connectivity index (χ1) is 19.5. The highest BCUT2D eigenvalue weighted by Gasteiger charge is 2.44. The summed E-state index contributed by atoms with van der Waals surface area (Å²) in [5, 5.41) is -0.112. The molecule has 14 heteroatoms. The molecule has 1 aromatic heterocycles. The third kappa shape index (κ3) is 7.27. The summed E-state index contributed by atoms with van der Waals surface area (Å²) in [5.74, 6) is -2.05. The van der Waals surface area contributed by atoms with E-state index in [1.165, 1.54) is 48.5 Å². The summed E-state index contributed by atoms with van der Waals surface area (Å²) in [6.45, 7) is 4.97. The van der Waals surface area contributed by atoms with Crippen molar-refractivity contribution in [2.24, 2.45) is 5.73 Å². The predicted molar refractivity (Wildman–Crippen MR) is 150 cm³/mol. The summed E-state index contributed by atoms with van der Waals surface area (Å²) in [6.07, 6.45) is -7.57. The van der Waals surface area contributed by atoms with Gasteiger partial charge in [0.05, 0.1) is 16.1 Å². The molecule has 0 aliphatic heterocycles. The van der Waals surface area contributed by atoms with Crippen LogP contribution in [0.15, 0.2) is 77.7 Å². The molecule has 3 aromatic carbocycles. The fourth-order valence-electron chi connectivity index (χ4n) is 3.79. The number of esters is 1. The second kappa shape index (κ2) is 11.7. The molecular formula is C28H26ClF3N4O5S. The van der Waals surface area contributed by atoms with Gasteiger partial charge in [0.15, 0.2) is 0 Å². The van der Waals surface area contributed by atoms with Crippen LogP contribution in [0.2, 0.25) is 5.02 Å². The molecule has 4 aromatic rings. The zero-order chi connectivity index (χ0) is 30.9. The molecule has 3 N–H and O–H groups in total. The van der Waals surface area contributed by atoms with Gasteiger partial charge in [-0.1, -0.05) is 60.1 Å². The number of anilines is 1. The minimum Gasteiger partial charge on any atom is -0.459 e. The van der Waals surface area contributed by atoms with Crippen LogP contribution in [0.25, 0.3) is 11.0 Å². The number of halogens is 4. The quantitative estimate of drug-likeness (QED) is 0.225. The molecular weight excluding hydrogens is 597 g/mol. The van der Waals surface area contributed by atoms with E-state index in [4.69, 9.17) is 26.8 Å². The molecule has 222 valence electrons. The number of nitrogens with two attached hydrogens (primary N) is 1. The lowest BCUT2D eigenvalue weighted by Crippen LogP contribution is -2.31. The van der Waals surface area contributed by atoms with E-state index in [9.17, 15) is 26.4 Å². The Morgan fingerprint density at radius 3 is 2.02 bits per heavy atom. The Hall–Kier alpha value is -3.94. The Kier molecular flexibility index (Phi) is 8.67. The van der Waals surface area contributed by atoms with Crippen LogP contribution >= 0.6 is 11.6 Å². The molecule has 0 radical (unpaired) electrons. The number of rotatable bonds is 8. The largest absolute Gasteiger partial charge is 0.459 e. The minimum absolute atomic E-state index is 0.112. The van der Waals surface area contributed by atoms with Gasteiger partial charge in [0.1, 0.15) is 16.5 Å². The average Bonchev–Trinajstić information content (AvgIpc) is 2.90. The fourth-order valence-corrected chi connectivity index (χ4v) is 5.31. The number of hydrogen-bond donors (Lipinski definition) is 2. The maximum atomic E-state index is 14.3. The molecule has 42 heavy (non-hydrogen) atoms. The summed E-state index contributed by atoms with van der Waals surface area (Å²) < 4.78 is 82.0. The molecule has 9 nitrogen and oxygen atoms in total. The molecule has 1 heterocycles. The number of ether oxygens (including phenoxy) is 2. The Bertz CT molecular complexity index is 1710. The first-order valence-electron chi connectivity index (χ1n) is 12.4. The average molecular weight is 623 g/mol. The minimum atomic E-state index is -4.97. The smallest absolute Gasteiger partial charge is 0.429 e. The Balaban J connectivity index is 1.72. The van der Waals surface area contributed by atoms with Gasteiger partial charge >= 0.3 is 12.1 Å². The van der Waals surface area contributed by atoms with Gasteiger partial charge in [0, 0.05) is 5.56 Å². The Labute approximate surface area is 244 Å². The molecule has 0 fully saturated rings. The topological polar surface area (TPSA) is 134 Å². The molecule has 0 amide bonds. The highest BCUT2D eigenvalue weighted by Crippen LogP contribution is 2.39. The van der Waals surface area contributed by atoms with Gasteiger partial charge in [-0.05, 0) is 50.6 Å². The molecule has 0 saturated carbocycles. The monoisotopic (exact) mass is 622 g/mol. The van der Waals surface area contributed by atoms with Crippen molar-refractivity contribution in [1.29, 1.82) is 0 Å². The van der Waals surface area contributed by atoms with E-state index in [0.29, 0.717) is 0 Å². The molecule has 0 aliphatic rings. The number of alkyl halides is 3. The van der Waals surface area contributed by atoms with Gasteiger partial charge in [-0.25, -0.2) is 23.2 Å². The van der Waals surface area contributed by atoms with Crippen molar-refractivity contribution in [2.45, 2.75) is 49.6 Å². The number of fused-ring (bicyclic) bond motifs is 1. The normalized spacial score (nSPS) is 13.8. The number of nitrogens with one attached hydrogen (secondary N) is 1. The summed E-state index contributed by atoms with van der Waals surface area (Å²) >= 11 is 6.05. The molecule has 2 unspecified atom stereocenters. The third-order valence-electron chi connectivity index (χ3n) is 5.68. The lowest BCUT2D eigenvalue weighted by atomic mass is 10.0. The number of carbonyl (C=O) groups is 1. The number of nitrogens with zero attached hydrogens (tertiary/aromatic N) is 2. The van der Waals surface area contributed by atoms with Crippen LogP contribution in [0.3, 0.4) is 0 Å². The molecule has 0 bridgehead atoms. The highest BCUT2D eigenvalue weighted by molar-refractivity contribution is 7.92. The van der Waals surface area contributed by atoms with Crippen molar-refractivity contribution in [3.63, 3.8) is 0 Å². The molecule has 0 aliphatic carbocycles. The Morgan fingerprint density at radius 1 is 0.905 bits per heavy atom. The second-order valence-corrected chi connectivity index (χ2v) is 12.2. The van der Waals surface area contributed by atoms with Crippen LogP contribution in [-0.2, 0) is 19.6 Å². The van der Waals surface area contributed by atoms with Crippen molar-refractivity contribution >= 4 is 44.4 Å². The van der Waals surface area contributed by atoms with E-state index >= 15 is 0 Å². The lowest BCUT2D eigenvalue weighted by molar-refractivity contribution is -0.198. The van der Waals surface area contributed by atoms with Gasteiger partial charge < -0.3 is 15.2 Å². The molecule has 0 spiro atoms. The van der Waals surface area contributed by atoms with Crippen LogP contribution in [0.5, 0.6) is 5.88 Å². The second-order valence-electron chi connectivity index (χ2n) is 10.1. The number of carbonyl (C=O) groups excluding carboxylic acids is 1.